The Balaban J connectivity index is 1.37. The minimum atomic E-state index is -3.86. The summed E-state index contributed by atoms with van der Waals surface area (Å²) >= 11 is 7.40. The molecule has 0 aliphatic heterocycles. The lowest BCUT2D eigenvalue weighted by atomic mass is 10.1. The summed E-state index contributed by atoms with van der Waals surface area (Å²) in [7, 11) is -2.25. The molecule has 196 valence electrons. The van der Waals surface area contributed by atoms with E-state index in [4.69, 9.17) is 16.3 Å². The number of para-hydroxylation sites is 1. The van der Waals surface area contributed by atoms with Crippen LogP contribution in [0.4, 0.5) is 0 Å². The maximum absolute atomic E-state index is 13.5. The number of aromatic nitrogens is 3. The molecule has 0 bridgehead atoms. The van der Waals surface area contributed by atoms with Gasteiger partial charge in [0.2, 0.25) is 15.2 Å². The fraction of sp³-hybridized carbons (Fsp3) is 0.107. The molecule has 0 radical (unpaired) electrons. The second-order valence-corrected chi connectivity index (χ2v) is 12.1. The Morgan fingerprint density at radius 1 is 1.00 bits per heavy atom. The van der Waals surface area contributed by atoms with Crippen molar-refractivity contribution in [2.24, 2.45) is 5.10 Å². The van der Waals surface area contributed by atoms with Crippen LogP contribution < -0.4 is 9.46 Å². The number of sulfonamides is 1. The molecule has 2 atom stereocenters. The van der Waals surface area contributed by atoms with Gasteiger partial charge in [-0.15, -0.1) is 10.2 Å². The third-order valence-corrected chi connectivity index (χ3v) is 9.48. The van der Waals surface area contributed by atoms with Crippen molar-refractivity contribution in [3.05, 3.63) is 113 Å². The third-order valence-electron chi connectivity index (χ3n) is 6.51. The molecular formula is C28H22ClN5O3S2. The lowest BCUT2D eigenvalue weighted by Gasteiger charge is -2.22. The summed E-state index contributed by atoms with van der Waals surface area (Å²) < 4.78 is 36.9. The maximum atomic E-state index is 13.5. The van der Waals surface area contributed by atoms with Gasteiger partial charge in [0, 0.05) is 10.6 Å². The molecule has 4 aromatic carbocycles. The molecule has 0 fully saturated rings. The lowest BCUT2D eigenvalue weighted by Crippen LogP contribution is -2.30. The molecule has 0 spiro atoms. The molecule has 39 heavy (non-hydrogen) atoms. The molecule has 6 rings (SSSR count). The Morgan fingerprint density at radius 3 is 2.51 bits per heavy atom. The van der Waals surface area contributed by atoms with Crippen LogP contribution in [0, 0.1) is 0 Å². The zero-order valence-electron chi connectivity index (χ0n) is 20.6. The number of nitrogens with one attached hydrogen (secondary N) is 1. The summed E-state index contributed by atoms with van der Waals surface area (Å²) in [5.41, 5.74) is 2.72. The predicted molar refractivity (Wildman–Crippen MR) is 153 cm³/mol. The number of rotatable bonds is 8. The quantitative estimate of drug-likeness (QED) is 0.233. The summed E-state index contributed by atoms with van der Waals surface area (Å²) in [6, 6.07) is 25.1. The third kappa shape index (κ3) is 4.92. The molecule has 0 saturated carbocycles. The zero-order chi connectivity index (χ0) is 27.0. The molecule has 1 aromatic heterocycles. The number of nitrogens with zero attached hydrogens (tertiary/aromatic N) is 4. The van der Waals surface area contributed by atoms with Crippen LogP contribution in [0.5, 0.6) is 5.75 Å². The van der Waals surface area contributed by atoms with Crippen LogP contribution in [-0.2, 0) is 10.0 Å². The van der Waals surface area contributed by atoms with Crippen LogP contribution in [0.15, 0.2) is 106 Å². The highest BCUT2D eigenvalue weighted by Crippen LogP contribution is 2.53. The van der Waals surface area contributed by atoms with Crippen LogP contribution in [0.2, 0.25) is 5.02 Å². The Hall–Kier alpha value is -3.70. The molecule has 0 amide bonds. The number of hydrogen-bond donors (Lipinski definition) is 1. The molecule has 8 nitrogen and oxygen atoms in total. The highest BCUT2D eigenvalue weighted by molar-refractivity contribution is 7.99. The van der Waals surface area contributed by atoms with Crippen molar-refractivity contribution in [2.45, 2.75) is 21.3 Å². The van der Waals surface area contributed by atoms with Gasteiger partial charge in [0.05, 0.1) is 29.5 Å². The van der Waals surface area contributed by atoms with Crippen LogP contribution in [0.25, 0.3) is 10.8 Å². The minimum absolute atomic E-state index is 0.142. The highest BCUT2D eigenvalue weighted by Gasteiger charge is 2.38. The van der Waals surface area contributed by atoms with Crippen molar-refractivity contribution >= 4 is 50.4 Å². The van der Waals surface area contributed by atoms with Gasteiger partial charge in [-0.25, -0.2) is 13.1 Å². The van der Waals surface area contributed by atoms with E-state index in [0.29, 0.717) is 15.9 Å². The van der Waals surface area contributed by atoms with Crippen LogP contribution in [0.1, 0.15) is 28.0 Å². The van der Waals surface area contributed by atoms with E-state index < -0.39 is 16.1 Å². The Bertz CT molecular complexity index is 1800. The van der Waals surface area contributed by atoms with Crippen molar-refractivity contribution in [1.82, 2.24) is 19.6 Å². The van der Waals surface area contributed by atoms with Crippen molar-refractivity contribution in [1.29, 1.82) is 0 Å². The van der Waals surface area contributed by atoms with E-state index in [1.54, 1.807) is 30.1 Å². The molecule has 0 unspecified atom stereocenters. The largest absolute Gasteiger partial charge is 0.496 e. The van der Waals surface area contributed by atoms with Crippen molar-refractivity contribution in [3.8, 4) is 5.75 Å². The molecule has 1 aliphatic rings. The minimum Gasteiger partial charge on any atom is -0.496 e. The van der Waals surface area contributed by atoms with Gasteiger partial charge >= 0.3 is 0 Å². The average molecular weight is 576 g/mol. The second-order valence-electron chi connectivity index (χ2n) is 8.83. The fourth-order valence-corrected chi connectivity index (χ4v) is 7.37. The van der Waals surface area contributed by atoms with Gasteiger partial charge in [-0.2, -0.15) is 9.78 Å². The SMILES string of the molecule is COc1ccccc1/C=N\n1cnnc1S[C@@H]1c2cccc3cccc(c23)[C@H]1NS(=O)(=O)c1ccc(Cl)cc1. The molecule has 11 heteroatoms. The van der Waals surface area contributed by atoms with Crippen LogP contribution >= 0.6 is 23.4 Å². The molecule has 1 heterocycles. The molecule has 1 aliphatic carbocycles. The Labute approximate surface area is 234 Å². The summed E-state index contributed by atoms with van der Waals surface area (Å²) in [6.07, 6.45) is 3.20. The Morgan fingerprint density at radius 2 is 1.74 bits per heavy atom. The first-order valence-corrected chi connectivity index (χ1v) is 14.7. The first-order chi connectivity index (χ1) is 18.9. The van der Waals surface area contributed by atoms with E-state index in [1.165, 1.54) is 30.2 Å². The lowest BCUT2D eigenvalue weighted by molar-refractivity contribution is 0.414. The number of thioether (sulfide) groups is 1. The van der Waals surface area contributed by atoms with Gasteiger partial charge in [0.25, 0.3) is 0 Å². The number of ether oxygens (including phenoxy) is 1. The standard InChI is InChI=1S/C28H22ClN5O3S2/c1-37-24-11-3-2-6-19(24)16-31-34-17-30-32-28(34)38-27-23-10-5-8-18-7-4-9-22(25(18)23)26(27)33-39(35,36)21-14-12-20(29)13-15-21/h2-17,26-27,33H,1H3/b31-16-/t26-,27-/m1/s1. The van der Waals surface area contributed by atoms with Gasteiger partial charge in [-0.1, -0.05) is 71.9 Å². The monoisotopic (exact) mass is 575 g/mol. The molecule has 1 N–H and O–H groups in total. The molecule has 0 saturated heterocycles. The van der Waals surface area contributed by atoms with Gasteiger partial charge in [-0.3, -0.25) is 0 Å². The summed E-state index contributed by atoms with van der Waals surface area (Å²) in [6.45, 7) is 0. The number of benzene rings is 4. The van der Waals surface area contributed by atoms with E-state index in [2.05, 4.69) is 20.0 Å². The highest BCUT2D eigenvalue weighted by atomic mass is 35.5. The Kier molecular flexibility index (Phi) is 6.86. The molecular weight excluding hydrogens is 554 g/mol. The first-order valence-electron chi connectivity index (χ1n) is 12.0. The zero-order valence-corrected chi connectivity index (χ0v) is 23.0. The summed E-state index contributed by atoms with van der Waals surface area (Å²) in [5.74, 6) is 0.693. The number of methoxy groups -OCH3 is 1. The summed E-state index contributed by atoms with van der Waals surface area (Å²) in [5, 5.41) is 15.7. The van der Waals surface area contributed by atoms with Gasteiger partial charge in [0.1, 0.15) is 12.1 Å². The van der Waals surface area contributed by atoms with E-state index in [1.807, 2.05) is 60.7 Å². The normalized spacial score (nSPS) is 16.8. The van der Waals surface area contributed by atoms with E-state index in [-0.39, 0.29) is 10.1 Å². The van der Waals surface area contributed by atoms with Gasteiger partial charge in [-0.05, 0) is 58.3 Å². The van der Waals surface area contributed by atoms with Gasteiger partial charge in [0.15, 0.2) is 0 Å². The smallest absolute Gasteiger partial charge is 0.241 e. The number of hydrogen-bond acceptors (Lipinski definition) is 7. The maximum Gasteiger partial charge on any atom is 0.241 e. The molecule has 5 aromatic rings. The first kappa shape index (κ1) is 25.6. The van der Waals surface area contributed by atoms with Crippen molar-refractivity contribution in [2.75, 3.05) is 7.11 Å². The summed E-state index contributed by atoms with van der Waals surface area (Å²) in [4.78, 5) is 0.142. The van der Waals surface area contributed by atoms with E-state index in [9.17, 15) is 8.42 Å². The van der Waals surface area contributed by atoms with E-state index >= 15 is 0 Å². The van der Waals surface area contributed by atoms with Crippen LogP contribution in [-0.4, -0.2) is 36.6 Å². The number of halogens is 1. The van der Waals surface area contributed by atoms with Crippen LogP contribution in [0.3, 0.4) is 0 Å². The van der Waals surface area contributed by atoms with Crippen molar-refractivity contribution in [3.63, 3.8) is 0 Å². The topological polar surface area (TPSA) is 98.5 Å². The average Bonchev–Trinajstić information content (AvgIpc) is 3.51. The fourth-order valence-electron chi connectivity index (χ4n) is 4.73. The predicted octanol–water partition coefficient (Wildman–Crippen LogP) is 5.84. The van der Waals surface area contributed by atoms with E-state index in [0.717, 1.165) is 27.5 Å². The van der Waals surface area contributed by atoms with Crippen molar-refractivity contribution < 1.29 is 13.2 Å². The second kappa shape index (κ2) is 10.5. The van der Waals surface area contributed by atoms with Gasteiger partial charge < -0.3 is 4.74 Å².